The molecule has 4 heterocycles. The second kappa shape index (κ2) is 6.10. The Balaban J connectivity index is 1.50. The molecule has 0 spiro atoms. The lowest BCUT2D eigenvalue weighted by molar-refractivity contribution is -0.0475. The second-order valence-corrected chi connectivity index (χ2v) is 5.90. The van der Waals surface area contributed by atoms with Crippen LogP contribution in [0, 0.1) is 0 Å². The van der Waals surface area contributed by atoms with E-state index in [9.17, 15) is 0 Å². The summed E-state index contributed by atoms with van der Waals surface area (Å²) >= 11 is 0. The Kier molecular flexibility index (Phi) is 3.83. The molecule has 22 heavy (non-hydrogen) atoms. The van der Waals surface area contributed by atoms with Crippen LogP contribution in [0.15, 0.2) is 47.3 Å². The van der Waals surface area contributed by atoms with Gasteiger partial charge in [0, 0.05) is 25.4 Å². The van der Waals surface area contributed by atoms with Gasteiger partial charge in [0.05, 0.1) is 19.0 Å². The maximum absolute atomic E-state index is 6.13. The summed E-state index contributed by atoms with van der Waals surface area (Å²) in [6.07, 6.45) is 7.67. The largest absolute Gasteiger partial charge is 0.485 e. The Morgan fingerprint density at radius 1 is 1.32 bits per heavy atom. The predicted octanol–water partition coefficient (Wildman–Crippen LogP) is 2.49. The smallest absolute Gasteiger partial charge is 0.139 e. The Labute approximate surface area is 129 Å². The van der Waals surface area contributed by atoms with Crippen LogP contribution in [0.4, 0.5) is 0 Å². The van der Waals surface area contributed by atoms with Crippen LogP contribution in [0.25, 0.3) is 0 Å². The average molecular weight is 300 g/mol. The summed E-state index contributed by atoms with van der Waals surface area (Å²) in [7, 11) is 0. The molecule has 0 bridgehead atoms. The lowest BCUT2D eigenvalue weighted by Gasteiger charge is -2.31. The van der Waals surface area contributed by atoms with Crippen molar-refractivity contribution in [1.29, 1.82) is 0 Å². The summed E-state index contributed by atoms with van der Waals surface area (Å²) in [5.74, 6) is 1.80. The van der Waals surface area contributed by atoms with Crippen LogP contribution in [0.2, 0.25) is 0 Å². The zero-order valence-electron chi connectivity index (χ0n) is 12.4. The van der Waals surface area contributed by atoms with Crippen molar-refractivity contribution in [3.63, 3.8) is 0 Å². The fraction of sp³-hybridized carbons (Fsp3) is 0.471. The molecule has 0 aliphatic carbocycles. The second-order valence-electron chi connectivity index (χ2n) is 5.90. The minimum Gasteiger partial charge on any atom is -0.485 e. The number of fused-ring (bicyclic) bond motifs is 1. The van der Waals surface area contributed by atoms with Crippen molar-refractivity contribution >= 4 is 0 Å². The Bertz CT molecular complexity index is 587. The van der Waals surface area contributed by atoms with Crippen LogP contribution < -0.4 is 4.74 Å². The first-order valence-electron chi connectivity index (χ1n) is 7.85. The van der Waals surface area contributed by atoms with Crippen molar-refractivity contribution in [3.05, 3.63) is 48.7 Å². The number of pyridine rings is 1. The molecule has 2 aromatic heterocycles. The third kappa shape index (κ3) is 2.74. The molecule has 0 amide bonds. The summed E-state index contributed by atoms with van der Waals surface area (Å²) in [4.78, 5) is 6.54. The van der Waals surface area contributed by atoms with E-state index < -0.39 is 0 Å². The fourth-order valence-corrected chi connectivity index (χ4v) is 3.48. The first-order valence-corrected chi connectivity index (χ1v) is 7.85. The molecule has 2 aliphatic rings. The van der Waals surface area contributed by atoms with E-state index in [0.717, 1.165) is 44.0 Å². The van der Waals surface area contributed by atoms with E-state index in [4.69, 9.17) is 13.9 Å². The van der Waals surface area contributed by atoms with E-state index in [0.29, 0.717) is 6.04 Å². The summed E-state index contributed by atoms with van der Waals surface area (Å²) in [6.45, 7) is 2.48. The van der Waals surface area contributed by atoms with Crippen LogP contribution in [0.3, 0.4) is 0 Å². The van der Waals surface area contributed by atoms with Crippen molar-refractivity contribution < 1.29 is 13.9 Å². The highest BCUT2D eigenvalue weighted by molar-refractivity contribution is 5.17. The third-order valence-corrected chi connectivity index (χ3v) is 4.44. The van der Waals surface area contributed by atoms with Gasteiger partial charge in [-0.25, -0.2) is 0 Å². The van der Waals surface area contributed by atoms with E-state index in [1.54, 1.807) is 18.7 Å². The minimum atomic E-state index is 0.0458. The van der Waals surface area contributed by atoms with Gasteiger partial charge >= 0.3 is 0 Å². The average Bonchev–Trinajstić information content (AvgIpc) is 3.18. The van der Waals surface area contributed by atoms with E-state index in [1.807, 2.05) is 24.3 Å². The highest BCUT2D eigenvalue weighted by atomic mass is 16.5. The van der Waals surface area contributed by atoms with Gasteiger partial charge in [0.2, 0.25) is 0 Å². The Hall–Kier alpha value is -1.85. The number of furan rings is 1. The quantitative estimate of drug-likeness (QED) is 0.868. The minimum absolute atomic E-state index is 0.0458. The van der Waals surface area contributed by atoms with Gasteiger partial charge in [-0.3, -0.25) is 9.88 Å². The molecule has 0 aromatic carbocycles. The highest BCUT2D eigenvalue weighted by Crippen LogP contribution is 2.32. The molecule has 0 saturated carbocycles. The highest BCUT2D eigenvalue weighted by Gasteiger charge is 2.45. The predicted molar refractivity (Wildman–Crippen MR) is 80.5 cm³/mol. The number of nitrogens with zero attached hydrogens (tertiary/aromatic N) is 2. The maximum atomic E-state index is 6.13. The molecule has 3 atom stereocenters. The van der Waals surface area contributed by atoms with Gasteiger partial charge < -0.3 is 13.9 Å². The summed E-state index contributed by atoms with van der Waals surface area (Å²) < 4.78 is 17.6. The number of hydrogen-bond acceptors (Lipinski definition) is 5. The lowest BCUT2D eigenvalue weighted by atomic mass is 10.0. The first kappa shape index (κ1) is 13.8. The lowest BCUT2D eigenvalue weighted by Crippen LogP contribution is -2.42. The van der Waals surface area contributed by atoms with E-state index in [2.05, 4.69) is 9.88 Å². The number of rotatable bonds is 4. The molecule has 0 unspecified atom stereocenters. The molecule has 0 N–H and O–H groups in total. The first-order chi connectivity index (χ1) is 10.9. The van der Waals surface area contributed by atoms with Crippen molar-refractivity contribution in [2.75, 3.05) is 13.2 Å². The topological polar surface area (TPSA) is 47.7 Å². The van der Waals surface area contributed by atoms with Gasteiger partial charge in [-0.05, 0) is 37.1 Å². The monoisotopic (exact) mass is 300 g/mol. The van der Waals surface area contributed by atoms with Gasteiger partial charge in [-0.1, -0.05) is 0 Å². The van der Waals surface area contributed by atoms with Crippen LogP contribution in [-0.2, 0) is 11.3 Å². The molecule has 4 rings (SSSR count). The third-order valence-electron chi connectivity index (χ3n) is 4.44. The van der Waals surface area contributed by atoms with Gasteiger partial charge in [0.25, 0.3) is 0 Å². The van der Waals surface area contributed by atoms with Crippen LogP contribution >= 0.6 is 0 Å². The summed E-state index contributed by atoms with van der Waals surface area (Å²) in [6, 6.07) is 8.20. The number of ether oxygens (including phenoxy) is 2. The van der Waals surface area contributed by atoms with Crippen molar-refractivity contribution in [3.8, 4) is 5.75 Å². The zero-order chi connectivity index (χ0) is 14.8. The summed E-state index contributed by atoms with van der Waals surface area (Å²) in [5.41, 5.74) is 0. The van der Waals surface area contributed by atoms with Crippen molar-refractivity contribution in [1.82, 2.24) is 9.88 Å². The maximum Gasteiger partial charge on any atom is 0.139 e. The Morgan fingerprint density at radius 3 is 3.14 bits per heavy atom. The standard InChI is InChI=1S/C17H20N2O3/c1-4-13(10-18-7-1)22-16-12-19(11-14-5-2-8-20-14)15-6-3-9-21-17(15)16/h1-2,4-5,7-8,10,15-17H,3,6,9,11-12H2/t15-,16+,17+/m0/s1. The van der Waals surface area contributed by atoms with E-state index in [-0.39, 0.29) is 12.2 Å². The molecule has 2 saturated heterocycles. The number of likely N-dealkylation sites (tertiary alicyclic amines) is 1. The van der Waals surface area contributed by atoms with Gasteiger partial charge in [-0.15, -0.1) is 0 Å². The van der Waals surface area contributed by atoms with Crippen molar-refractivity contribution in [2.24, 2.45) is 0 Å². The fourth-order valence-electron chi connectivity index (χ4n) is 3.48. The molecule has 116 valence electrons. The van der Waals surface area contributed by atoms with E-state index >= 15 is 0 Å². The zero-order valence-corrected chi connectivity index (χ0v) is 12.4. The van der Waals surface area contributed by atoms with Gasteiger partial charge in [0.15, 0.2) is 0 Å². The molecule has 5 heteroatoms. The van der Waals surface area contributed by atoms with Crippen molar-refractivity contribution in [2.45, 2.75) is 37.6 Å². The van der Waals surface area contributed by atoms with Crippen LogP contribution in [-0.4, -0.2) is 41.3 Å². The Morgan fingerprint density at radius 2 is 2.32 bits per heavy atom. The van der Waals surface area contributed by atoms with Gasteiger partial charge in [0.1, 0.15) is 23.7 Å². The van der Waals surface area contributed by atoms with E-state index in [1.165, 1.54) is 0 Å². The van der Waals surface area contributed by atoms with Gasteiger partial charge in [-0.2, -0.15) is 0 Å². The van der Waals surface area contributed by atoms with Crippen LogP contribution in [0.5, 0.6) is 5.75 Å². The molecular weight excluding hydrogens is 280 g/mol. The number of aromatic nitrogens is 1. The molecule has 2 fully saturated rings. The normalized spacial score (nSPS) is 28.5. The molecule has 2 aromatic rings. The SMILES string of the molecule is c1cncc(O[C@@H]2CN(Cc3ccco3)[C@H]3CCCO[C@@H]23)c1. The summed E-state index contributed by atoms with van der Waals surface area (Å²) in [5, 5.41) is 0. The van der Waals surface area contributed by atoms with Crippen LogP contribution in [0.1, 0.15) is 18.6 Å². The number of hydrogen-bond donors (Lipinski definition) is 0. The molecule has 5 nitrogen and oxygen atoms in total. The molecule has 2 aliphatic heterocycles. The molecular formula is C17H20N2O3. The molecule has 0 radical (unpaired) electrons.